The van der Waals surface area contributed by atoms with Gasteiger partial charge >= 0.3 is 0 Å². The first-order valence-electron chi connectivity index (χ1n) is 8.71. The molecule has 0 radical (unpaired) electrons. The van der Waals surface area contributed by atoms with Crippen LogP contribution in [0.4, 0.5) is 0 Å². The fraction of sp³-hybridized carbons (Fsp3) is 0.421. The Morgan fingerprint density at radius 2 is 1.93 bits per heavy atom. The predicted octanol–water partition coefficient (Wildman–Crippen LogP) is 1.60. The number of aromatic nitrogens is 2. The lowest BCUT2D eigenvalue weighted by Gasteiger charge is -2.28. The average Bonchev–Trinajstić information content (AvgIpc) is 2.73. The number of ether oxygens (including phenoxy) is 2. The highest BCUT2D eigenvalue weighted by Gasteiger charge is 2.37. The predicted molar refractivity (Wildman–Crippen MR) is 105 cm³/mol. The number of rotatable bonds is 5. The Hall–Kier alpha value is -2.52. The molecule has 0 saturated carbocycles. The summed E-state index contributed by atoms with van der Waals surface area (Å²) in [4.78, 5) is 23.2. The largest absolute Gasteiger partial charge is 0.472 e. The second kappa shape index (κ2) is 8.66. The number of nitrogens with zero attached hydrogens (tertiary/aromatic N) is 3. The van der Waals surface area contributed by atoms with E-state index in [4.69, 9.17) is 9.47 Å². The van der Waals surface area contributed by atoms with E-state index in [9.17, 15) is 9.00 Å². The van der Waals surface area contributed by atoms with Gasteiger partial charge in [-0.15, -0.1) is 0 Å². The van der Waals surface area contributed by atoms with Crippen LogP contribution in [-0.4, -0.2) is 55.4 Å². The van der Waals surface area contributed by atoms with Gasteiger partial charge in [0.2, 0.25) is 16.9 Å². The van der Waals surface area contributed by atoms with Crippen molar-refractivity contribution in [2.75, 3.05) is 19.3 Å². The maximum Gasteiger partial charge on any atom is 0.265 e. The van der Waals surface area contributed by atoms with E-state index in [1.807, 2.05) is 51.1 Å². The fourth-order valence-electron chi connectivity index (χ4n) is 2.86. The van der Waals surface area contributed by atoms with Crippen LogP contribution in [0.5, 0.6) is 11.8 Å². The number of hydrogen-bond donors (Lipinski definition) is 0. The molecule has 28 heavy (non-hydrogen) atoms. The van der Waals surface area contributed by atoms with E-state index in [0.717, 1.165) is 5.56 Å². The molecular weight excluding hydrogens is 382 g/mol. The molecule has 8 nitrogen and oxygen atoms in total. The fourth-order valence-corrected chi connectivity index (χ4v) is 3.28. The molecule has 1 aliphatic heterocycles. The standard InChI is InChI=1S/C19H23N3O4S.H2O/c1-5-22-12-19(2,3)26-16-14(17(22)23)15(20-18(21-16)27(4)24)25-11-13-9-7-6-8-10-13;/h6-10H,5,11-12H2,1-4H3;1H2. The quantitative estimate of drug-likeness (QED) is 0.696. The molecular formula is C19H25N3O5S. The van der Waals surface area contributed by atoms with Gasteiger partial charge in [-0.2, -0.15) is 9.97 Å². The molecule has 152 valence electrons. The van der Waals surface area contributed by atoms with Crippen LogP contribution >= 0.6 is 0 Å². The molecule has 2 aromatic rings. The number of carbonyl (C=O) groups is 1. The van der Waals surface area contributed by atoms with E-state index in [2.05, 4.69) is 9.97 Å². The number of amides is 1. The molecule has 0 spiro atoms. The Morgan fingerprint density at radius 3 is 2.54 bits per heavy atom. The summed E-state index contributed by atoms with van der Waals surface area (Å²) in [6.07, 6.45) is 1.48. The minimum atomic E-state index is -1.44. The highest BCUT2D eigenvalue weighted by molar-refractivity contribution is 7.84. The van der Waals surface area contributed by atoms with Crippen molar-refractivity contribution in [3.63, 3.8) is 0 Å². The second-order valence-corrected chi connectivity index (χ2v) is 8.17. The Bertz CT molecular complexity index is 873. The molecule has 1 aromatic carbocycles. The van der Waals surface area contributed by atoms with E-state index in [-0.39, 0.29) is 40.5 Å². The van der Waals surface area contributed by atoms with Crippen molar-refractivity contribution in [1.29, 1.82) is 0 Å². The van der Waals surface area contributed by atoms with E-state index >= 15 is 0 Å². The maximum absolute atomic E-state index is 13.1. The third-order valence-corrected chi connectivity index (χ3v) is 4.82. The second-order valence-electron chi connectivity index (χ2n) is 6.90. The summed E-state index contributed by atoms with van der Waals surface area (Å²) in [6, 6.07) is 9.55. The van der Waals surface area contributed by atoms with Crippen LogP contribution in [0.3, 0.4) is 0 Å². The Morgan fingerprint density at radius 1 is 1.25 bits per heavy atom. The van der Waals surface area contributed by atoms with Crippen molar-refractivity contribution in [2.45, 2.75) is 38.1 Å². The molecule has 0 saturated heterocycles. The van der Waals surface area contributed by atoms with Gasteiger partial charge in [-0.05, 0) is 26.3 Å². The topological polar surface area (TPSA) is 113 Å². The van der Waals surface area contributed by atoms with Crippen LogP contribution in [0.15, 0.2) is 35.5 Å². The summed E-state index contributed by atoms with van der Waals surface area (Å²) in [5.74, 6) is -0.0472. The first kappa shape index (κ1) is 21.8. The van der Waals surface area contributed by atoms with Crippen molar-refractivity contribution < 1.29 is 24.0 Å². The van der Waals surface area contributed by atoms with Crippen molar-refractivity contribution in [3.8, 4) is 11.8 Å². The van der Waals surface area contributed by atoms with Gasteiger partial charge in [0.15, 0.2) is 5.56 Å². The lowest BCUT2D eigenvalue weighted by molar-refractivity contribution is 0.0539. The van der Waals surface area contributed by atoms with Gasteiger partial charge in [0.1, 0.15) is 12.2 Å². The SMILES string of the molecule is CCN1CC(C)(C)Oc2nc(S(C)=O)nc(OCc3ccccc3)c2C1=O.O. The number of benzene rings is 1. The third-order valence-electron chi connectivity index (χ3n) is 4.13. The minimum Gasteiger partial charge on any atom is -0.472 e. The highest BCUT2D eigenvalue weighted by atomic mass is 32.2. The molecule has 3 rings (SSSR count). The summed E-state index contributed by atoms with van der Waals surface area (Å²) in [6.45, 7) is 6.81. The van der Waals surface area contributed by atoms with Crippen molar-refractivity contribution in [2.24, 2.45) is 0 Å². The molecule has 2 heterocycles. The molecule has 0 fully saturated rings. The maximum atomic E-state index is 13.1. The van der Waals surface area contributed by atoms with Gasteiger partial charge in [0.25, 0.3) is 5.91 Å². The lowest BCUT2D eigenvalue weighted by Crippen LogP contribution is -2.42. The van der Waals surface area contributed by atoms with Gasteiger partial charge in [0.05, 0.1) is 17.3 Å². The molecule has 2 N–H and O–H groups in total. The van der Waals surface area contributed by atoms with E-state index in [0.29, 0.717) is 13.1 Å². The van der Waals surface area contributed by atoms with Gasteiger partial charge in [-0.1, -0.05) is 30.3 Å². The van der Waals surface area contributed by atoms with Crippen molar-refractivity contribution in [3.05, 3.63) is 41.5 Å². The Kier molecular flexibility index (Phi) is 6.73. The van der Waals surface area contributed by atoms with Crippen LogP contribution in [0.25, 0.3) is 0 Å². The average molecular weight is 407 g/mol. The minimum absolute atomic E-state index is 0. The summed E-state index contributed by atoms with van der Waals surface area (Å²) in [5.41, 5.74) is 0.459. The smallest absolute Gasteiger partial charge is 0.265 e. The van der Waals surface area contributed by atoms with Crippen LogP contribution in [0.1, 0.15) is 36.7 Å². The monoisotopic (exact) mass is 407 g/mol. The highest BCUT2D eigenvalue weighted by Crippen LogP contribution is 2.34. The zero-order valence-corrected chi connectivity index (χ0v) is 17.2. The lowest BCUT2D eigenvalue weighted by atomic mass is 10.1. The first-order chi connectivity index (χ1) is 12.8. The van der Waals surface area contributed by atoms with E-state index in [1.165, 1.54) is 6.26 Å². The third kappa shape index (κ3) is 4.66. The summed E-state index contributed by atoms with van der Waals surface area (Å²) >= 11 is 0. The number of likely N-dealkylation sites (N-methyl/N-ethyl adjacent to an activating group) is 1. The molecule has 0 aliphatic carbocycles. The van der Waals surface area contributed by atoms with Crippen molar-refractivity contribution >= 4 is 16.7 Å². The Labute approximate surface area is 166 Å². The number of carbonyl (C=O) groups excluding carboxylic acids is 1. The van der Waals surface area contributed by atoms with Gasteiger partial charge in [0, 0.05) is 12.8 Å². The molecule has 0 bridgehead atoms. The summed E-state index contributed by atoms with van der Waals surface area (Å²) in [5, 5.41) is 0.0744. The molecule has 1 unspecified atom stereocenters. The van der Waals surface area contributed by atoms with Gasteiger partial charge < -0.3 is 19.8 Å². The molecule has 1 amide bonds. The summed E-state index contributed by atoms with van der Waals surface area (Å²) < 4.78 is 23.8. The zero-order chi connectivity index (χ0) is 19.6. The van der Waals surface area contributed by atoms with E-state index in [1.54, 1.807) is 4.90 Å². The molecule has 9 heteroatoms. The molecule has 1 aromatic heterocycles. The molecule has 1 aliphatic rings. The number of fused-ring (bicyclic) bond motifs is 1. The van der Waals surface area contributed by atoms with Crippen LogP contribution in [0.2, 0.25) is 0 Å². The van der Waals surface area contributed by atoms with Gasteiger partial charge in [-0.3, -0.25) is 9.00 Å². The van der Waals surface area contributed by atoms with Crippen LogP contribution in [0, 0.1) is 0 Å². The van der Waals surface area contributed by atoms with E-state index < -0.39 is 16.4 Å². The van der Waals surface area contributed by atoms with Gasteiger partial charge in [-0.25, -0.2) is 0 Å². The first-order valence-corrected chi connectivity index (χ1v) is 10.3. The van der Waals surface area contributed by atoms with Crippen LogP contribution < -0.4 is 9.47 Å². The molecule has 1 atom stereocenters. The van der Waals surface area contributed by atoms with Crippen molar-refractivity contribution in [1.82, 2.24) is 14.9 Å². The Balaban J connectivity index is 0.00000280. The van der Waals surface area contributed by atoms with Crippen LogP contribution in [-0.2, 0) is 17.4 Å². The number of hydrogen-bond acceptors (Lipinski definition) is 6. The normalized spacial score (nSPS) is 16.3. The summed E-state index contributed by atoms with van der Waals surface area (Å²) in [7, 11) is -1.44. The zero-order valence-electron chi connectivity index (χ0n) is 16.4.